The zero-order chi connectivity index (χ0) is 53.9. The Morgan fingerprint density at radius 2 is 0.811 bits per heavy atom. The van der Waals surface area contributed by atoms with Gasteiger partial charge in [0.2, 0.25) is 0 Å². The molecule has 0 unspecified atom stereocenters. The van der Waals surface area contributed by atoms with Crippen LogP contribution in [-0.2, 0) is 42.9 Å². The lowest BCUT2D eigenvalue weighted by Gasteiger charge is -2.45. The molecule has 13 heteroatoms. The molecular weight excluding hydrogens is 951 g/mol. The third-order valence-electron chi connectivity index (χ3n) is 15.4. The van der Waals surface area contributed by atoms with E-state index < -0.39 is 47.8 Å². The minimum absolute atomic E-state index is 0.0829. The molecule has 0 amide bonds. The molecule has 1 aliphatic carbocycles. The van der Waals surface area contributed by atoms with Gasteiger partial charge in [-0.15, -0.1) is 11.8 Å². The Labute approximate surface area is 456 Å². The second-order valence-corrected chi connectivity index (χ2v) is 24.1. The van der Waals surface area contributed by atoms with Crippen molar-refractivity contribution in [3.8, 4) is 0 Å². The lowest BCUT2D eigenvalue weighted by atomic mass is 9.91. The third-order valence-corrected chi connectivity index (χ3v) is 17.2. The molecule has 0 aromatic carbocycles. The van der Waals surface area contributed by atoms with Crippen LogP contribution in [0.15, 0.2) is 5.11 Å². The van der Waals surface area contributed by atoms with Gasteiger partial charge in [-0.25, -0.2) is 0 Å². The Morgan fingerprint density at radius 3 is 1.18 bits per heavy atom. The largest absolute Gasteiger partial charge is 0.463 e. The molecule has 1 saturated heterocycles. The number of ether oxygens (including phenoxy) is 5. The molecule has 0 aromatic heterocycles. The van der Waals surface area contributed by atoms with Crippen LogP contribution in [0.1, 0.15) is 311 Å². The van der Waals surface area contributed by atoms with E-state index in [2.05, 4.69) is 51.6 Å². The van der Waals surface area contributed by atoms with E-state index in [-0.39, 0.29) is 55.0 Å². The Kier molecular flexibility index (Phi) is 40.6. The molecule has 74 heavy (non-hydrogen) atoms. The van der Waals surface area contributed by atoms with Crippen LogP contribution in [0.4, 0.5) is 0 Å². The maximum atomic E-state index is 14.1. The second kappa shape index (κ2) is 44.5. The maximum Gasteiger partial charge on any atom is 0.306 e. The van der Waals surface area contributed by atoms with Crippen molar-refractivity contribution in [2.45, 2.75) is 352 Å². The molecule has 2 aliphatic rings. The summed E-state index contributed by atoms with van der Waals surface area (Å²) < 4.78 is 32.2. The van der Waals surface area contributed by atoms with E-state index in [9.17, 15) is 24.7 Å². The zero-order valence-corrected chi connectivity index (χ0v) is 49.2. The number of azide groups is 1. The molecule has 0 radical (unpaired) electrons. The Morgan fingerprint density at radius 1 is 0.486 bits per heavy atom. The van der Waals surface area contributed by atoms with Gasteiger partial charge in [-0.3, -0.25) is 19.2 Å². The molecule has 7 atom stereocenters. The Balaban J connectivity index is 2.42. The van der Waals surface area contributed by atoms with Crippen LogP contribution in [0.25, 0.3) is 10.4 Å². The molecule has 12 nitrogen and oxygen atoms in total. The molecular formula is C61H111N3O9S. The van der Waals surface area contributed by atoms with Gasteiger partial charge < -0.3 is 23.7 Å². The summed E-state index contributed by atoms with van der Waals surface area (Å²) in [6, 6.07) is -0.221. The van der Waals surface area contributed by atoms with E-state index in [4.69, 9.17) is 23.7 Å². The van der Waals surface area contributed by atoms with Crippen molar-refractivity contribution < 1.29 is 42.9 Å². The first-order valence-electron chi connectivity index (χ1n) is 31.1. The van der Waals surface area contributed by atoms with Crippen molar-refractivity contribution in [1.29, 1.82) is 0 Å². The monoisotopic (exact) mass is 1060 g/mol. The summed E-state index contributed by atoms with van der Waals surface area (Å²) in [6.07, 6.45) is 37.4. The number of esters is 4. The second-order valence-electron chi connectivity index (χ2n) is 22.8. The minimum atomic E-state index is -1.20. The van der Waals surface area contributed by atoms with E-state index in [0.29, 0.717) is 38.5 Å². The summed E-state index contributed by atoms with van der Waals surface area (Å²) >= 11 is 1.48. The number of hydrogen-bond acceptors (Lipinski definition) is 11. The SMILES string of the molecule is CCCCCCCCCCCC(=O)OC[C@H]1O[C@@H](S[C@H]2C[C@@H](N=[N+]=[N-])CC2(C)C)[C@H](OC(=O)CCCCCCCCCCC)[C@@H](OC(=O)CCCCCCCCCCC)[C@H]1OC(=O)CCCCCCCCCCC. The van der Waals surface area contributed by atoms with Crippen molar-refractivity contribution in [1.82, 2.24) is 0 Å². The highest BCUT2D eigenvalue weighted by molar-refractivity contribution is 8.00. The summed E-state index contributed by atoms with van der Waals surface area (Å²) in [5.41, 5.74) is 8.26. The first-order chi connectivity index (χ1) is 36.0. The predicted octanol–water partition coefficient (Wildman–Crippen LogP) is 18.3. The van der Waals surface area contributed by atoms with Crippen LogP contribution in [0.5, 0.6) is 0 Å². The van der Waals surface area contributed by atoms with Gasteiger partial charge >= 0.3 is 23.9 Å². The van der Waals surface area contributed by atoms with Crippen LogP contribution in [0.3, 0.4) is 0 Å². The van der Waals surface area contributed by atoms with E-state index in [0.717, 1.165) is 77.0 Å². The highest BCUT2D eigenvalue weighted by Crippen LogP contribution is 2.49. The molecule has 0 bridgehead atoms. The van der Waals surface area contributed by atoms with Crippen molar-refractivity contribution in [3.05, 3.63) is 10.4 Å². The summed E-state index contributed by atoms with van der Waals surface area (Å²) in [5, 5.41) is 4.02. The number of unbranched alkanes of at least 4 members (excludes halogenated alkanes) is 32. The molecule has 0 spiro atoms. The van der Waals surface area contributed by atoms with Crippen molar-refractivity contribution in [2.24, 2.45) is 10.5 Å². The first-order valence-corrected chi connectivity index (χ1v) is 32.0. The lowest BCUT2D eigenvalue weighted by Crippen LogP contribution is -2.62. The topological polar surface area (TPSA) is 163 Å². The van der Waals surface area contributed by atoms with Gasteiger partial charge in [-0.05, 0) is 49.5 Å². The highest BCUT2D eigenvalue weighted by Gasteiger charge is 2.55. The number of carbonyl (C=O) groups excluding carboxylic acids is 4. The fraction of sp³-hybridized carbons (Fsp3) is 0.934. The first kappa shape index (κ1) is 67.6. The third kappa shape index (κ3) is 32.3. The van der Waals surface area contributed by atoms with Gasteiger partial charge in [0.1, 0.15) is 18.1 Å². The Hall–Kier alpha value is -2.50. The van der Waals surface area contributed by atoms with E-state index in [1.54, 1.807) is 0 Å². The molecule has 0 aromatic rings. The van der Waals surface area contributed by atoms with Gasteiger partial charge in [0.05, 0.1) is 0 Å². The predicted molar refractivity (Wildman–Crippen MR) is 304 cm³/mol. The van der Waals surface area contributed by atoms with Gasteiger partial charge in [0.25, 0.3) is 0 Å². The van der Waals surface area contributed by atoms with Crippen LogP contribution in [-0.4, -0.2) is 71.6 Å². The standard InChI is InChI=1S/C61H111N3O9S/c1-7-11-15-19-23-27-31-35-39-43-53(65)69-49-51-57(71-54(66)44-40-36-32-28-24-20-16-12-8-2)58(72-55(67)45-41-37-33-29-25-21-17-13-9-3)59(73-56(68)46-42-38-34-30-26-22-18-14-10-4)60(70-51)74-52-47-50(63-64-62)48-61(52,5)6/h50-52,57-60H,7-49H2,1-6H3/t50-,51-,52+,57+,58+,59-,60+/m1/s1. The van der Waals surface area contributed by atoms with Crippen molar-refractivity contribution >= 4 is 35.6 Å². The van der Waals surface area contributed by atoms with Crippen molar-refractivity contribution in [3.63, 3.8) is 0 Å². The molecule has 2 rings (SSSR count). The van der Waals surface area contributed by atoms with Gasteiger partial charge in [-0.1, -0.05) is 252 Å². The number of nitrogens with zero attached hydrogens (tertiary/aromatic N) is 3. The van der Waals surface area contributed by atoms with E-state index in [1.807, 2.05) is 0 Å². The average Bonchev–Trinajstić information content (AvgIpc) is 3.66. The van der Waals surface area contributed by atoms with Crippen LogP contribution in [0, 0.1) is 5.41 Å². The molecule has 1 heterocycles. The van der Waals surface area contributed by atoms with Crippen LogP contribution in [0.2, 0.25) is 0 Å². The highest BCUT2D eigenvalue weighted by atomic mass is 32.2. The summed E-state index contributed by atoms with van der Waals surface area (Å²) in [6.45, 7) is 13.0. The number of thioether (sulfide) groups is 1. The smallest absolute Gasteiger partial charge is 0.306 e. The fourth-order valence-corrected chi connectivity index (χ4v) is 12.4. The van der Waals surface area contributed by atoms with Gasteiger partial charge in [0, 0.05) is 41.9 Å². The van der Waals surface area contributed by atoms with E-state index in [1.165, 1.54) is 140 Å². The maximum absolute atomic E-state index is 14.1. The Bertz CT molecular complexity index is 1490. The average molecular weight is 1060 g/mol. The summed E-state index contributed by atoms with van der Waals surface area (Å²) in [7, 11) is 0. The minimum Gasteiger partial charge on any atom is -0.463 e. The normalized spacial score (nSPS) is 21.2. The van der Waals surface area contributed by atoms with Crippen molar-refractivity contribution in [2.75, 3.05) is 6.61 Å². The summed E-state index contributed by atoms with van der Waals surface area (Å²) in [4.78, 5) is 58.7. The number of hydrogen-bond donors (Lipinski definition) is 0. The fourth-order valence-electron chi connectivity index (χ4n) is 10.7. The van der Waals surface area contributed by atoms with Crippen LogP contribution < -0.4 is 0 Å². The molecule has 430 valence electrons. The van der Waals surface area contributed by atoms with E-state index >= 15 is 0 Å². The molecule has 1 aliphatic heterocycles. The number of rotatable bonds is 48. The number of carbonyl (C=O) groups is 4. The van der Waals surface area contributed by atoms with Crippen LogP contribution >= 0.6 is 11.8 Å². The quantitative estimate of drug-likeness (QED) is 0.0143. The lowest BCUT2D eigenvalue weighted by molar-refractivity contribution is -0.239. The van der Waals surface area contributed by atoms with Gasteiger partial charge in [0.15, 0.2) is 18.3 Å². The molecule has 1 saturated carbocycles. The molecule has 2 fully saturated rings. The van der Waals surface area contributed by atoms with Gasteiger partial charge in [-0.2, -0.15) is 0 Å². The zero-order valence-electron chi connectivity index (χ0n) is 48.4. The molecule has 0 N–H and O–H groups in total. The summed E-state index contributed by atoms with van der Waals surface area (Å²) in [5.74, 6) is -1.68.